The first-order valence-electron chi connectivity index (χ1n) is 9.56. The lowest BCUT2D eigenvalue weighted by atomic mass is 9.66. The van der Waals surface area contributed by atoms with E-state index in [9.17, 15) is 0 Å². The van der Waals surface area contributed by atoms with Gasteiger partial charge in [-0.05, 0) is 58.4 Å². The monoisotopic (exact) mass is 346 g/mol. The van der Waals surface area contributed by atoms with E-state index in [1.165, 1.54) is 44.5 Å². The van der Waals surface area contributed by atoms with Crippen molar-refractivity contribution in [1.29, 1.82) is 0 Å². The summed E-state index contributed by atoms with van der Waals surface area (Å²) >= 11 is 0. The van der Waals surface area contributed by atoms with Gasteiger partial charge in [-0.15, -0.1) is 0 Å². The average Bonchev–Trinajstić information content (AvgIpc) is 3.04. The fraction of sp³-hybridized carbons (Fsp3) is 0.111. The molecule has 0 atom stereocenters. The summed E-state index contributed by atoms with van der Waals surface area (Å²) < 4.78 is 0. The third-order valence-corrected chi connectivity index (χ3v) is 6.15. The molecular formula is C27H22. The topological polar surface area (TPSA) is 0 Å². The van der Waals surface area contributed by atoms with Gasteiger partial charge < -0.3 is 0 Å². The van der Waals surface area contributed by atoms with Crippen LogP contribution >= 0.6 is 0 Å². The van der Waals surface area contributed by atoms with Crippen LogP contribution in [0.4, 0.5) is 0 Å². The Morgan fingerprint density at radius 3 is 1.70 bits per heavy atom. The molecule has 0 aliphatic heterocycles. The van der Waals surface area contributed by atoms with Gasteiger partial charge in [0.1, 0.15) is 0 Å². The quantitative estimate of drug-likeness (QED) is 0.335. The molecule has 0 amide bonds. The molecule has 0 nitrogen and oxygen atoms in total. The standard InChI is InChI=1S/C27H22/c1-19-17-18-24-23-15-9-10-16-25(23)27(26(24)20(19)2,21-11-5-3-6-12-21)22-13-7-4-8-14-22/h3-18H,1-2H3. The smallest absolute Gasteiger partial charge is 0.0622 e. The van der Waals surface area contributed by atoms with E-state index >= 15 is 0 Å². The molecule has 5 rings (SSSR count). The molecule has 27 heavy (non-hydrogen) atoms. The van der Waals surface area contributed by atoms with Crippen molar-refractivity contribution in [3.63, 3.8) is 0 Å². The molecule has 4 aromatic rings. The second-order valence-corrected chi connectivity index (χ2v) is 7.46. The molecule has 0 heterocycles. The Bertz CT molecular complexity index is 1080. The van der Waals surface area contributed by atoms with Gasteiger partial charge in [0.25, 0.3) is 0 Å². The van der Waals surface area contributed by atoms with Gasteiger partial charge in [0.05, 0.1) is 5.41 Å². The van der Waals surface area contributed by atoms with Gasteiger partial charge in [0.2, 0.25) is 0 Å². The zero-order valence-corrected chi connectivity index (χ0v) is 15.7. The summed E-state index contributed by atoms with van der Waals surface area (Å²) in [6, 6.07) is 35.4. The molecule has 0 heteroatoms. The van der Waals surface area contributed by atoms with E-state index < -0.39 is 0 Å². The Morgan fingerprint density at radius 1 is 0.519 bits per heavy atom. The van der Waals surface area contributed by atoms with Crippen molar-refractivity contribution in [3.05, 3.63) is 130 Å². The molecular weight excluding hydrogens is 324 g/mol. The predicted molar refractivity (Wildman–Crippen MR) is 113 cm³/mol. The van der Waals surface area contributed by atoms with Gasteiger partial charge in [-0.3, -0.25) is 0 Å². The van der Waals surface area contributed by atoms with Crippen molar-refractivity contribution >= 4 is 0 Å². The highest BCUT2D eigenvalue weighted by Crippen LogP contribution is 2.57. The van der Waals surface area contributed by atoms with Crippen LogP contribution in [-0.4, -0.2) is 0 Å². The van der Waals surface area contributed by atoms with Gasteiger partial charge in [0.15, 0.2) is 0 Å². The predicted octanol–water partition coefficient (Wildman–Crippen LogP) is 6.67. The van der Waals surface area contributed by atoms with Gasteiger partial charge in [-0.2, -0.15) is 0 Å². The van der Waals surface area contributed by atoms with Crippen LogP contribution in [0.3, 0.4) is 0 Å². The molecule has 1 aliphatic carbocycles. The number of aryl methyl sites for hydroxylation is 1. The highest BCUT2D eigenvalue weighted by Gasteiger charge is 2.46. The minimum absolute atomic E-state index is 0.273. The van der Waals surface area contributed by atoms with Crippen LogP contribution in [0.2, 0.25) is 0 Å². The van der Waals surface area contributed by atoms with E-state index in [2.05, 4.69) is 111 Å². The van der Waals surface area contributed by atoms with E-state index in [4.69, 9.17) is 0 Å². The highest BCUT2D eigenvalue weighted by atomic mass is 14.5. The number of hydrogen-bond donors (Lipinski definition) is 0. The number of fused-ring (bicyclic) bond motifs is 3. The lowest BCUT2D eigenvalue weighted by Crippen LogP contribution is -2.29. The third-order valence-electron chi connectivity index (χ3n) is 6.15. The van der Waals surface area contributed by atoms with Crippen LogP contribution in [0.1, 0.15) is 33.4 Å². The van der Waals surface area contributed by atoms with Crippen LogP contribution in [-0.2, 0) is 5.41 Å². The Balaban J connectivity index is 2.02. The van der Waals surface area contributed by atoms with Gasteiger partial charge in [-0.25, -0.2) is 0 Å². The van der Waals surface area contributed by atoms with Crippen molar-refractivity contribution < 1.29 is 0 Å². The molecule has 130 valence electrons. The van der Waals surface area contributed by atoms with Crippen LogP contribution < -0.4 is 0 Å². The fourth-order valence-corrected chi connectivity index (χ4v) is 4.85. The van der Waals surface area contributed by atoms with Crippen molar-refractivity contribution in [2.24, 2.45) is 0 Å². The zero-order chi connectivity index (χ0) is 18.4. The van der Waals surface area contributed by atoms with Crippen LogP contribution in [0.15, 0.2) is 97.1 Å². The average molecular weight is 346 g/mol. The molecule has 0 fully saturated rings. The molecule has 0 saturated heterocycles. The summed E-state index contributed by atoms with van der Waals surface area (Å²) in [7, 11) is 0. The molecule has 0 bridgehead atoms. The lowest BCUT2D eigenvalue weighted by Gasteiger charge is -2.35. The summed E-state index contributed by atoms with van der Waals surface area (Å²) in [5.41, 5.74) is 10.6. The van der Waals surface area contributed by atoms with Crippen molar-refractivity contribution in [2.75, 3.05) is 0 Å². The first kappa shape index (κ1) is 16.1. The van der Waals surface area contributed by atoms with Crippen molar-refractivity contribution in [1.82, 2.24) is 0 Å². The van der Waals surface area contributed by atoms with E-state index in [-0.39, 0.29) is 5.41 Å². The van der Waals surface area contributed by atoms with E-state index in [0.717, 1.165) is 0 Å². The maximum absolute atomic E-state index is 2.31. The van der Waals surface area contributed by atoms with Crippen LogP contribution in [0.5, 0.6) is 0 Å². The van der Waals surface area contributed by atoms with Crippen molar-refractivity contribution in [3.8, 4) is 11.1 Å². The van der Waals surface area contributed by atoms with Crippen LogP contribution in [0, 0.1) is 13.8 Å². The molecule has 1 aliphatic rings. The molecule has 4 aromatic carbocycles. The third kappa shape index (κ3) is 2.10. The molecule has 0 spiro atoms. The number of rotatable bonds is 2. The molecule has 0 radical (unpaired) electrons. The number of hydrogen-bond acceptors (Lipinski definition) is 0. The molecule has 0 aromatic heterocycles. The maximum Gasteiger partial charge on any atom is 0.0716 e. The first-order valence-corrected chi connectivity index (χ1v) is 9.56. The lowest BCUT2D eigenvalue weighted by molar-refractivity contribution is 0.760. The highest BCUT2D eigenvalue weighted by molar-refractivity contribution is 5.87. The molecule has 0 unspecified atom stereocenters. The van der Waals surface area contributed by atoms with Crippen molar-refractivity contribution in [2.45, 2.75) is 19.3 Å². The normalized spacial score (nSPS) is 13.9. The molecule has 0 N–H and O–H groups in total. The number of benzene rings is 4. The summed E-state index contributed by atoms with van der Waals surface area (Å²) in [6.45, 7) is 4.50. The summed E-state index contributed by atoms with van der Waals surface area (Å²) in [5.74, 6) is 0. The van der Waals surface area contributed by atoms with E-state index in [1.54, 1.807) is 0 Å². The van der Waals surface area contributed by atoms with Gasteiger partial charge >= 0.3 is 0 Å². The second kappa shape index (κ2) is 5.96. The fourth-order valence-electron chi connectivity index (χ4n) is 4.85. The minimum Gasteiger partial charge on any atom is -0.0622 e. The second-order valence-electron chi connectivity index (χ2n) is 7.46. The molecule has 0 saturated carbocycles. The maximum atomic E-state index is 2.31. The Hall–Kier alpha value is -3.12. The van der Waals surface area contributed by atoms with Crippen LogP contribution in [0.25, 0.3) is 11.1 Å². The first-order chi connectivity index (χ1) is 13.2. The largest absolute Gasteiger partial charge is 0.0716 e. The van der Waals surface area contributed by atoms with E-state index in [1.807, 2.05) is 0 Å². The Labute approximate surface area is 161 Å². The summed E-state index contributed by atoms with van der Waals surface area (Å²) in [6.07, 6.45) is 0. The van der Waals surface area contributed by atoms with E-state index in [0.29, 0.717) is 0 Å². The van der Waals surface area contributed by atoms with Gasteiger partial charge in [0, 0.05) is 0 Å². The summed E-state index contributed by atoms with van der Waals surface area (Å²) in [4.78, 5) is 0. The SMILES string of the molecule is Cc1ccc2c(c1C)C(c1ccccc1)(c1ccccc1)c1ccccc1-2. The Morgan fingerprint density at radius 2 is 1.07 bits per heavy atom. The van der Waals surface area contributed by atoms with Gasteiger partial charge in [-0.1, -0.05) is 97.1 Å². The Kier molecular flexibility index (Phi) is 3.55. The zero-order valence-electron chi connectivity index (χ0n) is 15.7. The summed E-state index contributed by atoms with van der Waals surface area (Å²) in [5, 5.41) is 0. The minimum atomic E-state index is -0.273.